The van der Waals surface area contributed by atoms with Gasteiger partial charge in [-0.25, -0.2) is 9.97 Å². The van der Waals surface area contributed by atoms with Crippen molar-refractivity contribution in [3.63, 3.8) is 0 Å². The molecule has 0 spiro atoms. The van der Waals surface area contributed by atoms with E-state index in [9.17, 15) is 0 Å². The summed E-state index contributed by atoms with van der Waals surface area (Å²) < 4.78 is 2.27. The zero-order valence-corrected chi connectivity index (χ0v) is 31.7. The van der Waals surface area contributed by atoms with Crippen LogP contribution in [0.15, 0.2) is 188 Å². The van der Waals surface area contributed by atoms with Gasteiger partial charge >= 0.3 is 0 Å². The number of imidazole rings is 1. The summed E-state index contributed by atoms with van der Waals surface area (Å²) in [6.45, 7) is 0. The van der Waals surface area contributed by atoms with Crippen molar-refractivity contribution in [3.05, 3.63) is 199 Å². The van der Waals surface area contributed by atoms with Gasteiger partial charge in [-0.3, -0.25) is 4.40 Å². The van der Waals surface area contributed by atoms with Gasteiger partial charge in [0, 0.05) is 34.1 Å². The molecular weight excluding hydrogens is 705 g/mol. The SMILES string of the molecule is C1=c2ccc3ccc(-c4ccc(N(c5ccccc5)c5cc(-c6ccccc6)c6nc7c8ccccc8nc(-c8ccccc8)c7n6c5)cc4)c4ccc(c2c34)CC1. The second kappa shape index (κ2) is 13.0. The molecular formula is C54H36N4. The Bertz CT molecular complexity index is 3430. The van der Waals surface area contributed by atoms with E-state index < -0.39 is 0 Å². The molecule has 272 valence electrons. The summed E-state index contributed by atoms with van der Waals surface area (Å²) >= 11 is 0. The van der Waals surface area contributed by atoms with Crippen molar-refractivity contribution in [1.29, 1.82) is 0 Å². The van der Waals surface area contributed by atoms with Crippen LogP contribution < -0.4 is 10.1 Å². The maximum Gasteiger partial charge on any atom is 0.146 e. The molecule has 3 heterocycles. The van der Waals surface area contributed by atoms with Crippen LogP contribution in [0.1, 0.15) is 12.0 Å². The summed E-state index contributed by atoms with van der Waals surface area (Å²) in [6.07, 6.45) is 6.84. The number of hydrogen-bond donors (Lipinski definition) is 0. The number of para-hydroxylation sites is 2. The molecule has 1 aliphatic carbocycles. The van der Waals surface area contributed by atoms with Gasteiger partial charge in [-0.15, -0.1) is 0 Å². The normalized spacial score (nSPS) is 12.5. The number of rotatable bonds is 6. The van der Waals surface area contributed by atoms with E-state index in [2.05, 4.69) is 204 Å². The second-order valence-electron chi connectivity index (χ2n) is 15.3. The predicted octanol–water partition coefficient (Wildman–Crippen LogP) is 13.3. The van der Waals surface area contributed by atoms with E-state index in [1.807, 2.05) is 0 Å². The minimum Gasteiger partial charge on any atom is -0.309 e. The highest BCUT2D eigenvalue weighted by Gasteiger charge is 2.23. The Kier molecular flexibility index (Phi) is 7.32. The van der Waals surface area contributed by atoms with E-state index in [0.29, 0.717) is 0 Å². The molecule has 11 aromatic rings. The molecule has 0 amide bonds. The van der Waals surface area contributed by atoms with E-state index in [0.717, 1.165) is 79.9 Å². The van der Waals surface area contributed by atoms with Crippen molar-refractivity contribution < 1.29 is 0 Å². The third-order valence-corrected chi connectivity index (χ3v) is 12.0. The molecule has 0 unspecified atom stereocenters. The molecule has 0 radical (unpaired) electrons. The lowest BCUT2D eigenvalue weighted by atomic mass is 9.87. The number of anilines is 3. The summed E-state index contributed by atoms with van der Waals surface area (Å²) in [5, 5.41) is 7.81. The molecule has 58 heavy (non-hydrogen) atoms. The van der Waals surface area contributed by atoms with Gasteiger partial charge in [0.25, 0.3) is 0 Å². The Labute approximate surface area is 335 Å². The summed E-state index contributed by atoms with van der Waals surface area (Å²) in [6, 6.07) is 65.4. The fraction of sp³-hybridized carbons (Fsp3) is 0.0370. The lowest BCUT2D eigenvalue weighted by molar-refractivity contribution is 1.04. The van der Waals surface area contributed by atoms with Crippen molar-refractivity contribution in [1.82, 2.24) is 14.4 Å². The fourth-order valence-electron chi connectivity index (χ4n) is 9.31. The van der Waals surface area contributed by atoms with Crippen LogP contribution in [0, 0.1) is 0 Å². The van der Waals surface area contributed by atoms with Crippen LogP contribution in [0.2, 0.25) is 0 Å². The van der Waals surface area contributed by atoms with E-state index in [1.165, 1.54) is 43.5 Å². The van der Waals surface area contributed by atoms with Crippen LogP contribution in [0.25, 0.3) is 88.7 Å². The van der Waals surface area contributed by atoms with Crippen LogP contribution in [0.3, 0.4) is 0 Å². The van der Waals surface area contributed by atoms with Crippen molar-refractivity contribution in [2.75, 3.05) is 4.90 Å². The molecule has 0 saturated heterocycles. The Morgan fingerprint density at radius 3 is 2.00 bits per heavy atom. The van der Waals surface area contributed by atoms with E-state index in [4.69, 9.17) is 9.97 Å². The number of fused-ring (bicyclic) bond motifs is 5. The summed E-state index contributed by atoms with van der Waals surface area (Å²) in [7, 11) is 0. The largest absolute Gasteiger partial charge is 0.309 e. The molecule has 8 aromatic carbocycles. The first-order valence-corrected chi connectivity index (χ1v) is 20.0. The average Bonchev–Trinajstić information content (AvgIpc) is 3.69. The number of nitrogens with zero attached hydrogens (tertiary/aromatic N) is 4. The number of aromatic nitrogens is 3. The van der Waals surface area contributed by atoms with Crippen molar-refractivity contribution in [3.8, 4) is 33.5 Å². The first-order chi connectivity index (χ1) is 28.8. The number of hydrogen-bond acceptors (Lipinski definition) is 3. The minimum absolute atomic E-state index is 0.891. The number of pyridine rings is 2. The van der Waals surface area contributed by atoms with Gasteiger partial charge in [0.15, 0.2) is 0 Å². The van der Waals surface area contributed by atoms with Gasteiger partial charge in [0.1, 0.15) is 16.7 Å². The van der Waals surface area contributed by atoms with Gasteiger partial charge in [0.2, 0.25) is 0 Å². The Balaban J connectivity index is 1.09. The molecule has 0 aliphatic heterocycles. The third-order valence-electron chi connectivity index (χ3n) is 12.0. The first kappa shape index (κ1) is 32.7. The smallest absolute Gasteiger partial charge is 0.146 e. The zero-order valence-electron chi connectivity index (χ0n) is 31.7. The highest BCUT2D eigenvalue weighted by molar-refractivity contribution is 6.16. The van der Waals surface area contributed by atoms with Gasteiger partial charge < -0.3 is 4.90 Å². The van der Waals surface area contributed by atoms with E-state index in [1.54, 1.807) is 0 Å². The van der Waals surface area contributed by atoms with E-state index in [-0.39, 0.29) is 0 Å². The molecule has 4 heteroatoms. The zero-order chi connectivity index (χ0) is 38.2. The van der Waals surface area contributed by atoms with Gasteiger partial charge in [-0.1, -0.05) is 152 Å². The van der Waals surface area contributed by atoms with Gasteiger partial charge in [-0.2, -0.15) is 0 Å². The van der Waals surface area contributed by atoms with Gasteiger partial charge in [-0.05, 0) is 98.3 Å². The Morgan fingerprint density at radius 2 is 1.19 bits per heavy atom. The average molecular weight is 741 g/mol. The first-order valence-electron chi connectivity index (χ1n) is 20.0. The quantitative estimate of drug-likeness (QED) is 0.170. The maximum absolute atomic E-state index is 5.46. The predicted molar refractivity (Wildman–Crippen MR) is 242 cm³/mol. The standard InChI is InChI=1S/C54H36N4/c1-4-13-35(14-5-1)47-33-43(34-57-53-51(40-15-6-2-7-16-40)55-48-22-11-10-21-46(48)52(53)56-54(47)57)58(41-19-8-3-9-20-41)42-29-25-36(26-30-42)44-31-27-39-24-23-37-17-12-18-38-28-32-45(44)50(39)49(37)38/h1-11,13-17,19-34H,12,18H2. The number of aryl methyl sites for hydroxylation is 1. The van der Waals surface area contributed by atoms with Crippen LogP contribution in [0.5, 0.6) is 0 Å². The lowest BCUT2D eigenvalue weighted by Gasteiger charge is -2.26. The Morgan fingerprint density at radius 1 is 0.500 bits per heavy atom. The molecule has 3 aromatic heterocycles. The summed E-state index contributed by atoms with van der Waals surface area (Å²) in [5.74, 6) is 0. The fourth-order valence-corrected chi connectivity index (χ4v) is 9.31. The molecule has 0 fully saturated rings. The molecule has 4 nitrogen and oxygen atoms in total. The highest BCUT2D eigenvalue weighted by atomic mass is 15.2. The minimum atomic E-state index is 0.891. The third kappa shape index (κ3) is 5.08. The van der Waals surface area contributed by atoms with Crippen LogP contribution in [-0.2, 0) is 6.42 Å². The van der Waals surface area contributed by atoms with Crippen LogP contribution in [-0.4, -0.2) is 14.4 Å². The molecule has 12 rings (SSSR count). The maximum atomic E-state index is 5.46. The molecule has 0 N–H and O–H groups in total. The van der Waals surface area contributed by atoms with Gasteiger partial charge in [0.05, 0.1) is 16.9 Å². The highest BCUT2D eigenvalue weighted by Crippen LogP contribution is 2.43. The molecule has 0 bridgehead atoms. The van der Waals surface area contributed by atoms with Crippen LogP contribution in [0.4, 0.5) is 17.1 Å². The lowest BCUT2D eigenvalue weighted by Crippen LogP contribution is -2.11. The van der Waals surface area contributed by atoms with Crippen molar-refractivity contribution >= 4 is 72.3 Å². The van der Waals surface area contributed by atoms with Crippen LogP contribution >= 0.6 is 0 Å². The second-order valence-corrected chi connectivity index (χ2v) is 15.3. The summed E-state index contributed by atoms with van der Waals surface area (Å²) in [4.78, 5) is 13.1. The molecule has 0 atom stereocenters. The van der Waals surface area contributed by atoms with Crippen molar-refractivity contribution in [2.45, 2.75) is 12.8 Å². The number of benzene rings is 8. The Hall–Kier alpha value is -7.56. The summed E-state index contributed by atoms with van der Waals surface area (Å²) in [5.41, 5.74) is 14.9. The molecule has 0 saturated carbocycles. The topological polar surface area (TPSA) is 33.4 Å². The van der Waals surface area contributed by atoms with E-state index >= 15 is 0 Å². The molecule has 1 aliphatic rings. The van der Waals surface area contributed by atoms with Crippen molar-refractivity contribution in [2.24, 2.45) is 0 Å². The monoisotopic (exact) mass is 740 g/mol.